The van der Waals surface area contributed by atoms with Gasteiger partial charge < -0.3 is 21.1 Å². The summed E-state index contributed by atoms with van der Waals surface area (Å²) in [5.41, 5.74) is 7.57. The standard InChI is InChI=1S/C14H21N3O2/c1-10(15)12-3-2-4-13(7-12)16-14(19)17-6-5-11(8-17)9-18/h2-4,7,10-11,18H,5-6,8-9,15H2,1H3,(H,16,19). The van der Waals surface area contributed by atoms with E-state index in [9.17, 15) is 4.79 Å². The molecule has 0 saturated carbocycles. The van der Waals surface area contributed by atoms with Crippen LogP contribution in [0.5, 0.6) is 0 Å². The molecule has 5 nitrogen and oxygen atoms in total. The number of hydrogen-bond donors (Lipinski definition) is 3. The number of aliphatic hydroxyl groups excluding tert-OH is 1. The van der Waals surface area contributed by atoms with Gasteiger partial charge in [0.15, 0.2) is 0 Å². The van der Waals surface area contributed by atoms with Crippen molar-refractivity contribution in [3.05, 3.63) is 29.8 Å². The molecule has 0 aliphatic carbocycles. The van der Waals surface area contributed by atoms with E-state index in [0.717, 1.165) is 17.7 Å². The topological polar surface area (TPSA) is 78.6 Å². The van der Waals surface area contributed by atoms with E-state index < -0.39 is 0 Å². The Kier molecular flexibility index (Phi) is 4.39. The Balaban J connectivity index is 1.97. The van der Waals surface area contributed by atoms with Gasteiger partial charge in [-0.1, -0.05) is 12.1 Å². The lowest BCUT2D eigenvalue weighted by Gasteiger charge is -2.17. The van der Waals surface area contributed by atoms with Gasteiger partial charge in [-0.05, 0) is 31.0 Å². The fourth-order valence-corrected chi connectivity index (χ4v) is 2.27. The lowest BCUT2D eigenvalue weighted by molar-refractivity contribution is 0.209. The van der Waals surface area contributed by atoms with E-state index in [4.69, 9.17) is 10.8 Å². The van der Waals surface area contributed by atoms with Crippen LogP contribution >= 0.6 is 0 Å². The molecule has 0 radical (unpaired) electrons. The molecule has 19 heavy (non-hydrogen) atoms. The van der Waals surface area contributed by atoms with E-state index >= 15 is 0 Å². The third-order valence-corrected chi connectivity index (χ3v) is 3.49. The van der Waals surface area contributed by atoms with Gasteiger partial charge in [-0.2, -0.15) is 0 Å². The van der Waals surface area contributed by atoms with Gasteiger partial charge in [-0.3, -0.25) is 0 Å². The van der Waals surface area contributed by atoms with Crippen molar-refractivity contribution in [2.75, 3.05) is 25.0 Å². The van der Waals surface area contributed by atoms with Crippen molar-refractivity contribution in [1.29, 1.82) is 0 Å². The highest BCUT2D eigenvalue weighted by atomic mass is 16.3. The number of benzene rings is 1. The molecule has 1 heterocycles. The first-order valence-corrected chi connectivity index (χ1v) is 6.62. The van der Waals surface area contributed by atoms with Crippen LogP contribution in [0.25, 0.3) is 0 Å². The number of rotatable bonds is 3. The fourth-order valence-electron chi connectivity index (χ4n) is 2.27. The average Bonchev–Trinajstić information content (AvgIpc) is 2.88. The molecule has 1 fully saturated rings. The van der Waals surface area contributed by atoms with Crippen LogP contribution in [0.1, 0.15) is 24.9 Å². The molecular formula is C14H21N3O2. The van der Waals surface area contributed by atoms with E-state index in [1.807, 2.05) is 31.2 Å². The highest BCUT2D eigenvalue weighted by Crippen LogP contribution is 2.19. The summed E-state index contributed by atoms with van der Waals surface area (Å²) >= 11 is 0. The van der Waals surface area contributed by atoms with Crippen molar-refractivity contribution in [3.63, 3.8) is 0 Å². The predicted octanol–water partition coefficient (Wildman–Crippen LogP) is 1.55. The van der Waals surface area contributed by atoms with Crippen LogP contribution in [0.2, 0.25) is 0 Å². The van der Waals surface area contributed by atoms with Gasteiger partial charge in [0.05, 0.1) is 0 Å². The summed E-state index contributed by atoms with van der Waals surface area (Å²) in [4.78, 5) is 13.8. The summed E-state index contributed by atoms with van der Waals surface area (Å²) in [6, 6.07) is 7.40. The molecule has 4 N–H and O–H groups in total. The van der Waals surface area contributed by atoms with E-state index in [1.165, 1.54) is 0 Å². The minimum absolute atomic E-state index is 0.0533. The molecule has 0 aromatic heterocycles. The summed E-state index contributed by atoms with van der Waals surface area (Å²) < 4.78 is 0. The zero-order valence-electron chi connectivity index (χ0n) is 11.2. The van der Waals surface area contributed by atoms with Gasteiger partial charge in [-0.15, -0.1) is 0 Å². The molecule has 0 bridgehead atoms. The van der Waals surface area contributed by atoms with Gasteiger partial charge in [0.2, 0.25) is 0 Å². The monoisotopic (exact) mass is 263 g/mol. The number of likely N-dealkylation sites (tertiary alicyclic amines) is 1. The minimum atomic E-state index is -0.113. The number of hydrogen-bond acceptors (Lipinski definition) is 3. The second-order valence-electron chi connectivity index (χ2n) is 5.13. The number of amides is 2. The van der Waals surface area contributed by atoms with Gasteiger partial charge in [0.1, 0.15) is 0 Å². The molecule has 104 valence electrons. The molecule has 2 unspecified atom stereocenters. The average molecular weight is 263 g/mol. The number of nitrogens with one attached hydrogen (secondary N) is 1. The first kappa shape index (κ1) is 13.8. The Morgan fingerprint density at radius 1 is 1.63 bits per heavy atom. The van der Waals surface area contributed by atoms with E-state index in [2.05, 4.69) is 5.32 Å². The Hall–Kier alpha value is -1.59. The van der Waals surface area contributed by atoms with Crippen molar-refractivity contribution in [1.82, 2.24) is 4.90 Å². The maximum Gasteiger partial charge on any atom is 0.321 e. The molecule has 2 atom stereocenters. The van der Waals surface area contributed by atoms with Gasteiger partial charge in [0, 0.05) is 37.3 Å². The van der Waals surface area contributed by atoms with Crippen LogP contribution < -0.4 is 11.1 Å². The molecule has 2 amide bonds. The van der Waals surface area contributed by atoms with Crippen LogP contribution in [-0.4, -0.2) is 35.7 Å². The van der Waals surface area contributed by atoms with Crippen molar-refractivity contribution in [2.24, 2.45) is 11.7 Å². The van der Waals surface area contributed by atoms with Crippen molar-refractivity contribution >= 4 is 11.7 Å². The van der Waals surface area contributed by atoms with Crippen LogP contribution in [0.15, 0.2) is 24.3 Å². The van der Waals surface area contributed by atoms with Gasteiger partial charge >= 0.3 is 6.03 Å². The predicted molar refractivity (Wildman–Crippen MR) is 74.8 cm³/mol. The molecule has 1 aliphatic rings. The zero-order valence-corrected chi connectivity index (χ0v) is 11.2. The second-order valence-corrected chi connectivity index (χ2v) is 5.13. The second kappa shape index (κ2) is 6.04. The van der Waals surface area contributed by atoms with Crippen LogP contribution in [-0.2, 0) is 0 Å². The third kappa shape index (κ3) is 3.45. The first-order valence-electron chi connectivity index (χ1n) is 6.62. The molecule has 0 spiro atoms. The summed E-state index contributed by atoms with van der Waals surface area (Å²) in [6.45, 7) is 3.37. The van der Waals surface area contributed by atoms with E-state index in [0.29, 0.717) is 13.1 Å². The lowest BCUT2D eigenvalue weighted by atomic mass is 10.1. The fraction of sp³-hybridized carbons (Fsp3) is 0.500. The number of anilines is 1. The number of urea groups is 1. The Morgan fingerprint density at radius 3 is 3.05 bits per heavy atom. The number of carbonyl (C=O) groups is 1. The number of aliphatic hydroxyl groups is 1. The van der Waals surface area contributed by atoms with Crippen LogP contribution in [0.4, 0.5) is 10.5 Å². The van der Waals surface area contributed by atoms with Crippen molar-refractivity contribution < 1.29 is 9.90 Å². The largest absolute Gasteiger partial charge is 0.396 e. The Bertz CT molecular complexity index is 448. The van der Waals surface area contributed by atoms with E-state index in [-0.39, 0.29) is 24.6 Å². The molecule has 1 saturated heterocycles. The first-order chi connectivity index (χ1) is 9.10. The smallest absolute Gasteiger partial charge is 0.321 e. The maximum atomic E-state index is 12.1. The summed E-state index contributed by atoms with van der Waals surface area (Å²) in [6.07, 6.45) is 0.865. The molecule has 1 aromatic carbocycles. The highest BCUT2D eigenvalue weighted by molar-refractivity contribution is 5.89. The highest BCUT2D eigenvalue weighted by Gasteiger charge is 2.25. The van der Waals surface area contributed by atoms with Gasteiger partial charge in [-0.25, -0.2) is 4.79 Å². The van der Waals surface area contributed by atoms with E-state index in [1.54, 1.807) is 4.90 Å². The summed E-state index contributed by atoms with van der Waals surface area (Å²) in [5.74, 6) is 0.209. The molecule has 2 rings (SSSR count). The van der Waals surface area contributed by atoms with Gasteiger partial charge in [0.25, 0.3) is 0 Å². The van der Waals surface area contributed by atoms with Crippen LogP contribution in [0, 0.1) is 5.92 Å². The maximum absolute atomic E-state index is 12.1. The molecule has 1 aliphatic heterocycles. The third-order valence-electron chi connectivity index (χ3n) is 3.49. The van der Waals surface area contributed by atoms with Crippen LogP contribution in [0.3, 0.4) is 0 Å². The Morgan fingerprint density at radius 2 is 2.42 bits per heavy atom. The number of nitrogens with two attached hydrogens (primary N) is 1. The number of carbonyl (C=O) groups excluding carboxylic acids is 1. The normalized spacial score (nSPS) is 20.4. The Labute approximate surface area is 113 Å². The number of nitrogens with zero attached hydrogens (tertiary/aromatic N) is 1. The minimum Gasteiger partial charge on any atom is -0.396 e. The quantitative estimate of drug-likeness (QED) is 0.774. The van der Waals surface area contributed by atoms with Crippen molar-refractivity contribution in [3.8, 4) is 0 Å². The summed E-state index contributed by atoms with van der Waals surface area (Å²) in [5, 5.41) is 12.0. The molecular weight excluding hydrogens is 242 g/mol. The SMILES string of the molecule is CC(N)c1cccc(NC(=O)N2CCC(CO)C2)c1. The molecule has 5 heteroatoms. The zero-order chi connectivity index (χ0) is 13.8. The summed E-state index contributed by atoms with van der Waals surface area (Å²) in [7, 11) is 0. The lowest BCUT2D eigenvalue weighted by Crippen LogP contribution is -2.33. The molecule has 1 aromatic rings. The van der Waals surface area contributed by atoms with Crippen molar-refractivity contribution in [2.45, 2.75) is 19.4 Å².